The fraction of sp³-hybridized carbons (Fsp3) is 0.273. The van der Waals surface area contributed by atoms with Crippen molar-refractivity contribution < 1.29 is 4.39 Å². The maximum Gasteiger partial charge on any atom is 0.144 e. The molecule has 0 unspecified atom stereocenters. The van der Waals surface area contributed by atoms with E-state index in [-0.39, 0.29) is 5.82 Å². The van der Waals surface area contributed by atoms with Gasteiger partial charge in [0.1, 0.15) is 5.82 Å². The van der Waals surface area contributed by atoms with Crippen molar-refractivity contribution in [3.05, 3.63) is 28.9 Å². The zero-order chi connectivity index (χ0) is 10.1. The number of rotatable bonds is 2. The van der Waals surface area contributed by atoms with E-state index < -0.39 is 0 Å². The summed E-state index contributed by atoms with van der Waals surface area (Å²) >= 11 is 3.17. The number of aryl methyl sites for hydroxylation is 1. The van der Waals surface area contributed by atoms with Gasteiger partial charge >= 0.3 is 0 Å². The van der Waals surface area contributed by atoms with Crippen LogP contribution in [0.3, 0.4) is 0 Å². The molecule has 14 heavy (non-hydrogen) atoms. The normalized spacial score (nSPS) is 11.1. The predicted molar refractivity (Wildman–Crippen MR) is 62.9 cm³/mol. The van der Waals surface area contributed by atoms with E-state index >= 15 is 0 Å². The summed E-state index contributed by atoms with van der Waals surface area (Å²) in [5.41, 5.74) is 0.812. The van der Waals surface area contributed by atoms with E-state index in [2.05, 4.69) is 0 Å². The van der Waals surface area contributed by atoms with Crippen molar-refractivity contribution in [1.82, 2.24) is 0 Å². The van der Waals surface area contributed by atoms with Gasteiger partial charge in [-0.3, -0.25) is 0 Å². The molecule has 74 valence electrons. The van der Waals surface area contributed by atoms with Gasteiger partial charge in [0, 0.05) is 15.7 Å². The van der Waals surface area contributed by atoms with Crippen LogP contribution < -0.4 is 0 Å². The maximum atomic E-state index is 13.8. The minimum absolute atomic E-state index is 0.0321. The van der Waals surface area contributed by atoms with Gasteiger partial charge in [-0.25, -0.2) is 4.39 Å². The summed E-state index contributed by atoms with van der Waals surface area (Å²) in [7, 11) is 0. The summed E-state index contributed by atoms with van der Waals surface area (Å²) in [5.74, 6) is -0.0321. The van der Waals surface area contributed by atoms with Gasteiger partial charge in [-0.1, -0.05) is 19.1 Å². The van der Waals surface area contributed by atoms with Crippen LogP contribution >= 0.6 is 23.1 Å². The average Bonchev–Trinajstić information content (AvgIpc) is 2.62. The van der Waals surface area contributed by atoms with Gasteiger partial charge in [0.05, 0.1) is 4.70 Å². The molecule has 0 nitrogen and oxygen atoms in total. The fourth-order valence-electron chi connectivity index (χ4n) is 1.51. The molecule has 0 radical (unpaired) electrons. The van der Waals surface area contributed by atoms with Crippen LogP contribution in [0.15, 0.2) is 22.4 Å². The lowest BCUT2D eigenvalue weighted by Gasteiger charge is -2.00. The standard InChI is InChI=1S/C11H11FS2/c1-3-7-4-5-8-9(13-2)6-14-11(8)10(7)12/h4-6H,3H2,1-2H3. The first-order valence-corrected chi connectivity index (χ1v) is 6.61. The molecule has 2 rings (SSSR count). The monoisotopic (exact) mass is 226 g/mol. The van der Waals surface area contributed by atoms with E-state index in [1.807, 2.05) is 30.7 Å². The zero-order valence-electron chi connectivity index (χ0n) is 8.13. The summed E-state index contributed by atoms with van der Waals surface area (Å²) in [4.78, 5) is 1.17. The summed E-state index contributed by atoms with van der Waals surface area (Å²) in [5, 5.41) is 3.08. The van der Waals surface area contributed by atoms with Crippen LogP contribution in [0, 0.1) is 5.82 Å². The summed E-state index contributed by atoms with van der Waals surface area (Å²) in [6, 6.07) is 3.92. The number of fused-ring (bicyclic) bond motifs is 1. The van der Waals surface area contributed by atoms with Gasteiger partial charge in [0.2, 0.25) is 0 Å². The first-order chi connectivity index (χ1) is 6.77. The van der Waals surface area contributed by atoms with Crippen molar-refractivity contribution in [2.75, 3.05) is 6.26 Å². The third-order valence-electron chi connectivity index (χ3n) is 2.33. The van der Waals surface area contributed by atoms with Crippen molar-refractivity contribution in [2.45, 2.75) is 18.2 Å². The molecule has 0 spiro atoms. The Balaban J connectivity index is 2.72. The first kappa shape index (κ1) is 9.99. The van der Waals surface area contributed by atoms with E-state index in [4.69, 9.17) is 0 Å². The molecule has 0 bridgehead atoms. The molecule has 0 fully saturated rings. The number of benzene rings is 1. The van der Waals surface area contributed by atoms with E-state index in [1.54, 1.807) is 11.8 Å². The Labute approximate surface area is 91.1 Å². The Kier molecular flexibility index (Phi) is 2.79. The minimum Gasteiger partial charge on any atom is -0.205 e. The highest BCUT2D eigenvalue weighted by Gasteiger charge is 2.10. The number of thioether (sulfide) groups is 1. The number of halogens is 1. The van der Waals surface area contributed by atoms with Gasteiger partial charge in [-0.15, -0.1) is 23.1 Å². The van der Waals surface area contributed by atoms with Crippen molar-refractivity contribution in [1.29, 1.82) is 0 Å². The molecule has 0 amide bonds. The van der Waals surface area contributed by atoms with Crippen LogP contribution in [-0.4, -0.2) is 6.26 Å². The lowest BCUT2D eigenvalue weighted by Crippen LogP contribution is -1.86. The van der Waals surface area contributed by atoms with Crippen LogP contribution in [-0.2, 0) is 6.42 Å². The maximum absolute atomic E-state index is 13.8. The second-order valence-corrected chi connectivity index (χ2v) is 4.80. The first-order valence-electron chi connectivity index (χ1n) is 4.50. The summed E-state index contributed by atoms with van der Waals surface area (Å²) < 4.78 is 14.6. The van der Waals surface area contributed by atoms with Crippen molar-refractivity contribution in [2.24, 2.45) is 0 Å². The molecule has 1 aromatic heterocycles. The molecule has 0 aliphatic rings. The Morgan fingerprint density at radius 3 is 2.86 bits per heavy atom. The second kappa shape index (κ2) is 3.91. The Morgan fingerprint density at radius 1 is 1.43 bits per heavy atom. The number of hydrogen-bond acceptors (Lipinski definition) is 2. The van der Waals surface area contributed by atoms with E-state index in [9.17, 15) is 4.39 Å². The number of thiophene rings is 1. The summed E-state index contributed by atoms with van der Waals surface area (Å²) in [6.07, 6.45) is 2.78. The van der Waals surface area contributed by atoms with E-state index in [0.29, 0.717) is 0 Å². The van der Waals surface area contributed by atoms with Crippen LogP contribution in [0.2, 0.25) is 0 Å². The number of hydrogen-bond donors (Lipinski definition) is 0. The SMILES string of the molecule is CCc1ccc2c(SC)csc2c1F. The molecule has 1 heterocycles. The van der Waals surface area contributed by atoms with Gasteiger partial charge < -0.3 is 0 Å². The second-order valence-electron chi connectivity index (χ2n) is 3.07. The predicted octanol–water partition coefficient (Wildman–Crippen LogP) is 4.32. The Morgan fingerprint density at radius 2 is 2.21 bits per heavy atom. The molecule has 2 aromatic rings. The molecule has 0 aliphatic carbocycles. The lowest BCUT2D eigenvalue weighted by molar-refractivity contribution is 0.626. The largest absolute Gasteiger partial charge is 0.205 e. The zero-order valence-corrected chi connectivity index (χ0v) is 9.77. The highest BCUT2D eigenvalue weighted by atomic mass is 32.2. The molecule has 3 heteroatoms. The van der Waals surface area contributed by atoms with Crippen LogP contribution in [0.1, 0.15) is 12.5 Å². The molecule has 0 atom stereocenters. The van der Waals surface area contributed by atoms with Crippen molar-refractivity contribution in [3.63, 3.8) is 0 Å². The molecule has 0 N–H and O–H groups in total. The Bertz CT molecular complexity index is 460. The van der Waals surface area contributed by atoms with E-state index in [0.717, 1.165) is 22.1 Å². The third-order valence-corrected chi connectivity index (χ3v) is 4.24. The molecular formula is C11H11FS2. The molecule has 0 saturated carbocycles. The minimum atomic E-state index is -0.0321. The highest BCUT2D eigenvalue weighted by Crippen LogP contribution is 2.34. The van der Waals surface area contributed by atoms with Crippen LogP contribution in [0.4, 0.5) is 4.39 Å². The van der Waals surface area contributed by atoms with Gasteiger partial charge in [-0.05, 0) is 18.2 Å². The van der Waals surface area contributed by atoms with Crippen LogP contribution in [0.25, 0.3) is 10.1 Å². The fourth-order valence-corrected chi connectivity index (χ4v) is 3.39. The third kappa shape index (κ3) is 1.44. The van der Waals surface area contributed by atoms with Gasteiger partial charge in [-0.2, -0.15) is 0 Å². The average molecular weight is 226 g/mol. The Hall–Kier alpha value is -0.540. The summed E-state index contributed by atoms with van der Waals surface area (Å²) in [6.45, 7) is 1.98. The molecule has 0 aliphatic heterocycles. The smallest absolute Gasteiger partial charge is 0.144 e. The topological polar surface area (TPSA) is 0 Å². The highest BCUT2D eigenvalue weighted by molar-refractivity contribution is 7.99. The van der Waals surface area contributed by atoms with Crippen molar-refractivity contribution >= 4 is 33.2 Å². The molecular weight excluding hydrogens is 215 g/mol. The molecule has 1 aromatic carbocycles. The van der Waals surface area contributed by atoms with Crippen LogP contribution in [0.5, 0.6) is 0 Å². The lowest BCUT2D eigenvalue weighted by atomic mass is 10.1. The van der Waals surface area contributed by atoms with Crippen molar-refractivity contribution in [3.8, 4) is 0 Å². The van der Waals surface area contributed by atoms with Gasteiger partial charge in [0.15, 0.2) is 0 Å². The van der Waals surface area contributed by atoms with E-state index in [1.165, 1.54) is 16.2 Å². The van der Waals surface area contributed by atoms with Gasteiger partial charge in [0.25, 0.3) is 0 Å². The molecule has 0 saturated heterocycles. The quantitative estimate of drug-likeness (QED) is 0.687.